The van der Waals surface area contributed by atoms with E-state index in [1.54, 1.807) is 6.20 Å². The lowest BCUT2D eigenvalue weighted by Gasteiger charge is -2.15. The summed E-state index contributed by atoms with van der Waals surface area (Å²) < 4.78 is 7.64. The van der Waals surface area contributed by atoms with Crippen LogP contribution in [0, 0.1) is 0 Å². The number of amides is 1. The van der Waals surface area contributed by atoms with E-state index in [4.69, 9.17) is 4.74 Å². The Bertz CT molecular complexity index is 633. The van der Waals surface area contributed by atoms with Crippen LogP contribution in [0.1, 0.15) is 6.92 Å². The number of carbonyl (C=O) groups is 1. The van der Waals surface area contributed by atoms with Gasteiger partial charge >= 0.3 is 0 Å². The molecule has 21 heavy (non-hydrogen) atoms. The van der Waals surface area contributed by atoms with E-state index in [1.165, 1.54) is 6.92 Å². The Labute approximate surface area is 125 Å². The molecule has 114 valence electrons. The Hall–Kier alpha value is -1.73. The first-order valence-electron chi connectivity index (χ1n) is 7.02. The molecule has 0 saturated carbocycles. The highest BCUT2D eigenvalue weighted by molar-refractivity contribution is 6.76. The zero-order chi connectivity index (χ0) is 15.5. The van der Waals surface area contributed by atoms with Gasteiger partial charge in [-0.25, -0.2) is 9.97 Å². The molecule has 0 bridgehead atoms. The van der Waals surface area contributed by atoms with Crippen molar-refractivity contribution in [1.82, 2.24) is 14.5 Å². The number of hydrogen-bond acceptors (Lipinski definition) is 4. The molecule has 2 heterocycles. The Balaban J connectivity index is 2.00. The summed E-state index contributed by atoms with van der Waals surface area (Å²) in [5, 5.41) is 2.63. The summed E-state index contributed by atoms with van der Waals surface area (Å²) in [4.78, 5) is 19.7. The summed E-state index contributed by atoms with van der Waals surface area (Å²) in [6.07, 6.45) is 3.46. The topological polar surface area (TPSA) is 69.0 Å². The summed E-state index contributed by atoms with van der Waals surface area (Å²) in [5.74, 6) is 0.310. The molecule has 0 spiro atoms. The molecule has 7 heteroatoms. The average Bonchev–Trinajstić information content (AvgIpc) is 2.75. The second-order valence-corrected chi connectivity index (χ2v) is 11.9. The molecule has 6 nitrogen and oxygen atoms in total. The number of carbonyl (C=O) groups excluding carboxylic acids is 1. The van der Waals surface area contributed by atoms with Crippen LogP contribution in [0.15, 0.2) is 18.5 Å². The van der Waals surface area contributed by atoms with Crippen LogP contribution < -0.4 is 5.32 Å². The molecule has 0 aromatic carbocycles. The minimum absolute atomic E-state index is 0.155. The minimum atomic E-state index is -1.06. The zero-order valence-corrected chi connectivity index (χ0v) is 14.0. The molecule has 0 radical (unpaired) electrons. The lowest BCUT2D eigenvalue weighted by atomic mass is 10.5. The molecule has 0 aliphatic carbocycles. The number of hydrogen-bond donors (Lipinski definition) is 1. The number of fused-ring (bicyclic) bond motifs is 1. The molecule has 0 aliphatic heterocycles. The molecule has 2 aromatic heterocycles. The summed E-state index contributed by atoms with van der Waals surface area (Å²) in [6.45, 7) is 9.68. The maximum atomic E-state index is 11.0. The standard InChI is InChI=1S/C14H22N4O2Si/c1-11(19)16-13-9-15-14-12(17-13)5-6-18(14)10-20-7-8-21(2,3)4/h5-6,9H,7-8,10H2,1-4H3,(H,16,17,19). The first-order valence-corrected chi connectivity index (χ1v) is 10.7. The van der Waals surface area contributed by atoms with Crippen molar-refractivity contribution in [2.24, 2.45) is 0 Å². The SMILES string of the molecule is CC(=O)Nc1cnc2c(ccn2COCC[Si](C)(C)C)n1. The first-order chi connectivity index (χ1) is 9.85. The molecule has 2 rings (SSSR count). The molecular formula is C14H22N4O2Si. The van der Waals surface area contributed by atoms with Crippen molar-refractivity contribution in [1.29, 1.82) is 0 Å². The third-order valence-electron chi connectivity index (χ3n) is 2.99. The van der Waals surface area contributed by atoms with Gasteiger partial charge < -0.3 is 14.6 Å². The number of nitrogens with zero attached hydrogens (tertiary/aromatic N) is 3. The summed E-state index contributed by atoms with van der Waals surface area (Å²) in [5.41, 5.74) is 1.51. The van der Waals surface area contributed by atoms with Crippen LogP contribution in [0.5, 0.6) is 0 Å². The molecular weight excluding hydrogens is 284 g/mol. The predicted octanol–water partition coefficient (Wildman–Crippen LogP) is 2.70. The number of rotatable bonds is 6. The monoisotopic (exact) mass is 306 g/mol. The van der Waals surface area contributed by atoms with Crippen molar-refractivity contribution in [2.45, 2.75) is 39.3 Å². The van der Waals surface area contributed by atoms with Crippen molar-refractivity contribution in [3.05, 3.63) is 18.5 Å². The van der Waals surface area contributed by atoms with Crippen LogP contribution in [-0.4, -0.2) is 35.1 Å². The number of anilines is 1. The number of nitrogens with one attached hydrogen (secondary N) is 1. The molecule has 2 aromatic rings. The van der Waals surface area contributed by atoms with Gasteiger partial charge in [0.25, 0.3) is 0 Å². The Kier molecular flexibility index (Phi) is 4.74. The molecule has 1 N–H and O–H groups in total. The van der Waals surface area contributed by atoms with Gasteiger partial charge in [-0.2, -0.15) is 0 Å². The van der Waals surface area contributed by atoms with E-state index in [2.05, 4.69) is 34.9 Å². The van der Waals surface area contributed by atoms with Crippen LogP contribution in [0.25, 0.3) is 11.2 Å². The normalized spacial score (nSPS) is 11.8. The van der Waals surface area contributed by atoms with E-state index >= 15 is 0 Å². The molecule has 0 aliphatic rings. The van der Waals surface area contributed by atoms with Gasteiger partial charge in [0.15, 0.2) is 11.5 Å². The van der Waals surface area contributed by atoms with Gasteiger partial charge in [-0.05, 0) is 12.1 Å². The van der Waals surface area contributed by atoms with E-state index in [1.807, 2.05) is 16.8 Å². The third-order valence-corrected chi connectivity index (χ3v) is 4.70. The summed E-state index contributed by atoms with van der Waals surface area (Å²) in [7, 11) is -1.06. The van der Waals surface area contributed by atoms with Crippen molar-refractivity contribution >= 4 is 31.0 Å². The van der Waals surface area contributed by atoms with E-state index in [9.17, 15) is 4.79 Å². The smallest absolute Gasteiger partial charge is 0.222 e. The van der Waals surface area contributed by atoms with E-state index in [0.29, 0.717) is 12.5 Å². The van der Waals surface area contributed by atoms with Gasteiger partial charge in [0.1, 0.15) is 12.2 Å². The predicted molar refractivity (Wildman–Crippen MR) is 85.9 cm³/mol. The summed E-state index contributed by atoms with van der Waals surface area (Å²) >= 11 is 0. The van der Waals surface area contributed by atoms with Crippen molar-refractivity contribution in [3.63, 3.8) is 0 Å². The van der Waals surface area contributed by atoms with Gasteiger partial charge in [0.2, 0.25) is 5.91 Å². The second-order valence-electron chi connectivity index (χ2n) is 6.28. The van der Waals surface area contributed by atoms with Crippen LogP contribution in [0.4, 0.5) is 5.82 Å². The van der Waals surface area contributed by atoms with Crippen LogP contribution in [0.3, 0.4) is 0 Å². The van der Waals surface area contributed by atoms with Gasteiger partial charge in [0, 0.05) is 27.8 Å². The molecule has 0 atom stereocenters. The maximum Gasteiger partial charge on any atom is 0.222 e. The van der Waals surface area contributed by atoms with Crippen molar-refractivity contribution in [3.8, 4) is 0 Å². The Morgan fingerprint density at radius 3 is 2.86 bits per heavy atom. The first kappa shape index (κ1) is 15.7. The second kappa shape index (κ2) is 6.36. The third kappa shape index (κ3) is 4.64. The van der Waals surface area contributed by atoms with Gasteiger partial charge in [-0.15, -0.1) is 0 Å². The lowest BCUT2D eigenvalue weighted by molar-refractivity contribution is -0.114. The van der Waals surface area contributed by atoms with Crippen molar-refractivity contribution in [2.75, 3.05) is 11.9 Å². The Morgan fingerprint density at radius 2 is 2.19 bits per heavy atom. The zero-order valence-electron chi connectivity index (χ0n) is 13.0. The highest BCUT2D eigenvalue weighted by atomic mass is 28.3. The Morgan fingerprint density at radius 1 is 1.43 bits per heavy atom. The average molecular weight is 306 g/mol. The van der Waals surface area contributed by atoms with Crippen molar-refractivity contribution < 1.29 is 9.53 Å². The molecule has 1 amide bonds. The molecule has 0 unspecified atom stereocenters. The van der Waals surface area contributed by atoms with Crippen LogP contribution >= 0.6 is 0 Å². The highest BCUT2D eigenvalue weighted by Gasteiger charge is 2.12. The van der Waals surface area contributed by atoms with E-state index in [-0.39, 0.29) is 5.91 Å². The quantitative estimate of drug-likeness (QED) is 0.658. The fourth-order valence-electron chi connectivity index (χ4n) is 1.85. The number of ether oxygens (including phenoxy) is 1. The molecule has 0 saturated heterocycles. The van der Waals surface area contributed by atoms with Gasteiger partial charge in [-0.3, -0.25) is 4.79 Å². The van der Waals surface area contributed by atoms with Gasteiger partial charge in [-0.1, -0.05) is 19.6 Å². The lowest BCUT2D eigenvalue weighted by Crippen LogP contribution is -2.22. The largest absolute Gasteiger partial charge is 0.361 e. The van der Waals surface area contributed by atoms with E-state index in [0.717, 1.165) is 23.8 Å². The minimum Gasteiger partial charge on any atom is -0.361 e. The van der Waals surface area contributed by atoms with E-state index < -0.39 is 8.07 Å². The highest BCUT2D eigenvalue weighted by Crippen LogP contribution is 2.14. The molecule has 0 fully saturated rings. The van der Waals surface area contributed by atoms with Crippen LogP contribution in [-0.2, 0) is 16.3 Å². The fraction of sp³-hybridized carbons (Fsp3) is 0.500. The summed E-state index contributed by atoms with van der Waals surface area (Å²) in [6, 6.07) is 3.01. The van der Waals surface area contributed by atoms with Crippen LogP contribution in [0.2, 0.25) is 25.7 Å². The van der Waals surface area contributed by atoms with Gasteiger partial charge in [0.05, 0.1) is 6.20 Å². The number of aromatic nitrogens is 3. The fourth-order valence-corrected chi connectivity index (χ4v) is 2.60. The maximum absolute atomic E-state index is 11.0.